The molecule has 1 aliphatic rings. The van der Waals surface area contributed by atoms with Gasteiger partial charge in [0.25, 0.3) is 0 Å². The Labute approximate surface area is 132 Å². The summed E-state index contributed by atoms with van der Waals surface area (Å²) in [6, 6.07) is 3.79. The predicted molar refractivity (Wildman–Crippen MR) is 83.5 cm³/mol. The second-order valence-corrected chi connectivity index (χ2v) is 8.45. The lowest BCUT2D eigenvalue weighted by Gasteiger charge is -2.31. The molecule has 1 aliphatic heterocycles. The lowest BCUT2D eigenvalue weighted by molar-refractivity contribution is -0.142. The molecule has 2 heterocycles. The minimum Gasteiger partial charge on any atom is -0.480 e. The van der Waals surface area contributed by atoms with Gasteiger partial charge in [-0.3, -0.25) is 4.79 Å². The maximum atomic E-state index is 12.8. The van der Waals surface area contributed by atoms with Gasteiger partial charge in [0.05, 0.1) is 20.1 Å². The van der Waals surface area contributed by atoms with Crippen LogP contribution in [-0.2, 0) is 14.8 Å². The minimum atomic E-state index is -3.81. The first-order valence-electron chi connectivity index (χ1n) is 7.01. The van der Waals surface area contributed by atoms with Gasteiger partial charge >= 0.3 is 5.97 Å². The second-order valence-electron chi connectivity index (χ2n) is 5.33. The van der Waals surface area contributed by atoms with Crippen molar-refractivity contribution in [3.05, 3.63) is 23.2 Å². The van der Waals surface area contributed by atoms with Gasteiger partial charge in [-0.05, 0) is 44.4 Å². The van der Waals surface area contributed by atoms with Crippen LogP contribution in [0.2, 0.25) is 0 Å². The molecule has 0 aliphatic carbocycles. The molecule has 8 heteroatoms. The molecule has 0 unspecified atom stereocenters. The second kappa shape index (κ2) is 5.60. The van der Waals surface area contributed by atoms with Crippen molar-refractivity contribution in [3.63, 3.8) is 0 Å². The summed E-state index contributed by atoms with van der Waals surface area (Å²) in [5.41, 5.74) is 0.759. The van der Waals surface area contributed by atoms with Crippen LogP contribution in [0.1, 0.15) is 24.3 Å². The maximum Gasteiger partial charge on any atom is 0.322 e. The molecule has 1 N–H and O–H groups in total. The van der Waals surface area contributed by atoms with E-state index < -0.39 is 22.0 Å². The number of carboxylic acids is 1. The van der Waals surface area contributed by atoms with Gasteiger partial charge in [0.15, 0.2) is 0 Å². The van der Waals surface area contributed by atoms with Gasteiger partial charge in [0, 0.05) is 6.54 Å². The number of sulfonamides is 1. The van der Waals surface area contributed by atoms with E-state index in [1.54, 1.807) is 12.1 Å². The standard InChI is InChI=1S/C14H16N2O4S2/c1-9-15-11-6-5-10(8-13(11)21-9)22(19,20)16-7-3-2-4-12(16)14(17)18/h5-6,8,12H,2-4,7H2,1H3,(H,17,18)/t12-/m0/s1. The molecule has 0 saturated carbocycles. The summed E-state index contributed by atoms with van der Waals surface area (Å²) in [6.07, 6.45) is 1.78. The van der Waals surface area contributed by atoms with Crippen LogP contribution in [0.5, 0.6) is 0 Å². The molecule has 3 rings (SSSR count). The molecule has 118 valence electrons. The molecule has 1 aromatic carbocycles. The van der Waals surface area contributed by atoms with Gasteiger partial charge in [-0.2, -0.15) is 4.31 Å². The van der Waals surface area contributed by atoms with Crippen LogP contribution in [0.4, 0.5) is 0 Å². The Balaban J connectivity index is 2.04. The molecular weight excluding hydrogens is 324 g/mol. The van der Waals surface area contributed by atoms with Crippen molar-refractivity contribution in [3.8, 4) is 0 Å². The topological polar surface area (TPSA) is 87.6 Å². The molecule has 1 atom stereocenters. The number of piperidine rings is 1. The normalized spacial score (nSPS) is 20.3. The third-order valence-corrected chi connectivity index (χ3v) is 6.65. The van der Waals surface area contributed by atoms with Crippen molar-refractivity contribution >= 4 is 37.5 Å². The smallest absolute Gasteiger partial charge is 0.322 e. The zero-order valence-corrected chi connectivity index (χ0v) is 13.7. The molecule has 0 bridgehead atoms. The summed E-state index contributed by atoms with van der Waals surface area (Å²) in [7, 11) is -3.81. The highest BCUT2D eigenvalue weighted by Gasteiger charge is 2.37. The number of carbonyl (C=O) groups is 1. The lowest BCUT2D eigenvalue weighted by Crippen LogP contribution is -2.47. The highest BCUT2D eigenvalue weighted by molar-refractivity contribution is 7.89. The third-order valence-electron chi connectivity index (χ3n) is 3.81. The predicted octanol–water partition coefficient (Wildman–Crippen LogP) is 2.23. The number of rotatable bonds is 3. The van der Waals surface area contributed by atoms with Gasteiger partial charge in [-0.1, -0.05) is 0 Å². The monoisotopic (exact) mass is 340 g/mol. The fraction of sp³-hybridized carbons (Fsp3) is 0.429. The Morgan fingerprint density at radius 3 is 2.91 bits per heavy atom. The Kier molecular flexibility index (Phi) is 3.92. The summed E-state index contributed by atoms with van der Waals surface area (Å²) >= 11 is 1.43. The minimum absolute atomic E-state index is 0.136. The summed E-state index contributed by atoms with van der Waals surface area (Å²) in [5.74, 6) is -1.09. The Morgan fingerprint density at radius 1 is 1.41 bits per heavy atom. The van der Waals surface area contributed by atoms with Gasteiger partial charge < -0.3 is 5.11 Å². The molecule has 2 aromatic rings. The maximum absolute atomic E-state index is 12.8. The van der Waals surface area contributed by atoms with E-state index in [4.69, 9.17) is 0 Å². The van der Waals surface area contributed by atoms with E-state index in [9.17, 15) is 18.3 Å². The van der Waals surface area contributed by atoms with Crippen LogP contribution in [0, 0.1) is 6.92 Å². The van der Waals surface area contributed by atoms with Gasteiger partial charge in [0.1, 0.15) is 6.04 Å². The number of hydrogen-bond donors (Lipinski definition) is 1. The number of fused-ring (bicyclic) bond motifs is 1. The van der Waals surface area contributed by atoms with Crippen molar-refractivity contribution in [1.82, 2.24) is 9.29 Å². The summed E-state index contributed by atoms with van der Waals surface area (Å²) in [6.45, 7) is 2.11. The van der Waals surface area contributed by atoms with Crippen LogP contribution in [0.25, 0.3) is 10.2 Å². The van der Waals surface area contributed by atoms with Crippen LogP contribution in [-0.4, -0.2) is 41.4 Å². The first-order valence-corrected chi connectivity index (χ1v) is 9.27. The van der Waals surface area contributed by atoms with Crippen molar-refractivity contribution < 1.29 is 18.3 Å². The number of thiazole rings is 1. The number of nitrogens with zero attached hydrogens (tertiary/aromatic N) is 2. The number of aliphatic carboxylic acids is 1. The molecule has 1 fully saturated rings. The first kappa shape index (κ1) is 15.4. The largest absolute Gasteiger partial charge is 0.480 e. The fourth-order valence-electron chi connectivity index (χ4n) is 2.76. The molecule has 0 amide bonds. The summed E-state index contributed by atoms with van der Waals surface area (Å²) in [4.78, 5) is 15.8. The zero-order chi connectivity index (χ0) is 15.9. The molecule has 1 saturated heterocycles. The number of benzene rings is 1. The van der Waals surface area contributed by atoms with E-state index in [1.807, 2.05) is 6.92 Å². The average Bonchev–Trinajstić information content (AvgIpc) is 2.86. The van der Waals surface area contributed by atoms with Crippen LogP contribution in [0.15, 0.2) is 23.1 Å². The zero-order valence-electron chi connectivity index (χ0n) is 12.0. The Morgan fingerprint density at radius 2 is 2.18 bits per heavy atom. The molecule has 22 heavy (non-hydrogen) atoms. The lowest BCUT2D eigenvalue weighted by atomic mass is 10.1. The van der Waals surface area contributed by atoms with Gasteiger partial charge in [-0.25, -0.2) is 13.4 Å². The number of aryl methyl sites for hydroxylation is 1. The number of hydrogen-bond acceptors (Lipinski definition) is 5. The Bertz CT molecular complexity index is 828. The molecule has 0 spiro atoms. The highest BCUT2D eigenvalue weighted by Crippen LogP contribution is 2.29. The van der Waals surface area contributed by atoms with E-state index >= 15 is 0 Å². The highest BCUT2D eigenvalue weighted by atomic mass is 32.2. The molecular formula is C14H16N2O4S2. The van der Waals surface area contributed by atoms with E-state index in [1.165, 1.54) is 17.4 Å². The van der Waals surface area contributed by atoms with Gasteiger partial charge in [0.2, 0.25) is 10.0 Å². The SMILES string of the molecule is Cc1nc2ccc(S(=O)(=O)N3CCCC[C@H]3C(=O)O)cc2s1. The molecule has 0 radical (unpaired) electrons. The van der Waals surface area contributed by atoms with Crippen LogP contribution >= 0.6 is 11.3 Å². The molecule has 6 nitrogen and oxygen atoms in total. The van der Waals surface area contributed by atoms with Crippen molar-refractivity contribution in [2.75, 3.05) is 6.54 Å². The van der Waals surface area contributed by atoms with E-state index in [2.05, 4.69) is 4.98 Å². The summed E-state index contributed by atoms with van der Waals surface area (Å²) < 4.78 is 27.5. The van der Waals surface area contributed by atoms with Crippen LogP contribution in [0.3, 0.4) is 0 Å². The number of aromatic nitrogens is 1. The van der Waals surface area contributed by atoms with Gasteiger partial charge in [-0.15, -0.1) is 11.3 Å². The third kappa shape index (κ3) is 2.62. The van der Waals surface area contributed by atoms with Crippen molar-refractivity contribution in [2.24, 2.45) is 0 Å². The van der Waals surface area contributed by atoms with Crippen molar-refractivity contribution in [1.29, 1.82) is 0 Å². The number of carboxylic acid groups (broad SMARTS) is 1. The van der Waals surface area contributed by atoms with E-state index in [0.717, 1.165) is 26.0 Å². The van der Waals surface area contributed by atoms with E-state index in [0.29, 0.717) is 12.8 Å². The van der Waals surface area contributed by atoms with Crippen LogP contribution < -0.4 is 0 Å². The van der Waals surface area contributed by atoms with Crippen molar-refractivity contribution in [2.45, 2.75) is 37.1 Å². The summed E-state index contributed by atoms with van der Waals surface area (Å²) in [5, 5.41) is 10.1. The fourth-order valence-corrected chi connectivity index (χ4v) is 5.37. The quantitative estimate of drug-likeness (QED) is 0.926. The average molecular weight is 340 g/mol. The Hall–Kier alpha value is -1.51. The van der Waals surface area contributed by atoms with E-state index in [-0.39, 0.29) is 11.4 Å². The molecule has 1 aromatic heterocycles. The first-order chi connectivity index (χ1) is 10.4.